The van der Waals surface area contributed by atoms with Crippen LogP contribution in [0.3, 0.4) is 0 Å². The van der Waals surface area contributed by atoms with Gasteiger partial charge in [-0.05, 0) is 53.9 Å². The van der Waals surface area contributed by atoms with Crippen LogP contribution in [0.5, 0.6) is 0 Å². The average molecular weight is 503 g/mol. The predicted octanol–water partition coefficient (Wildman–Crippen LogP) is 4.75. The van der Waals surface area contributed by atoms with Crippen molar-refractivity contribution < 1.29 is 22.8 Å². The highest BCUT2D eigenvalue weighted by Crippen LogP contribution is 2.30. The number of aromatic nitrogens is 1. The first-order valence-electron chi connectivity index (χ1n) is 9.70. The van der Waals surface area contributed by atoms with Gasteiger partial charge in [-0.2, -0.15) is 5.10 Å². The summed E-state index contributed by atoms with van der Waals surface area (Å²) >= 11 is 3.27. The van der Waals surface area contributed by atoms with Crippen LogP contribution in [-0.2, 0) is 6.42 Å². The van der Waals surface area contributed by atoms with E-state index in [1.807, 2.05) is 0 Å². The third kappa shape index (κ3) is 4.45. The SMILES string of the molecule is Cc1c(C(=O)Nc2ccc(F)cc2F)oc2c1/C(=N/NC(=O)c1cncc(Br)c1)CCC2. The maximum atomic E-state index is 13.9. The number of nitrogens with zero attached hydrogens (tertiary/aromatic N) is 2. The van der Waals surface area contributed by atoms with Gasteiger partial charge < -0.3 is 9.73 Å². The molecule has 2 heterocycles. The van der Waals surface area contributed by atoms with Crippen LogP contribution in [0.2, 0.25) is 0 Å². The number of pyridine rings is 1. The number of carbonyl (C=O) groups excluding carboxylic acids is 2. The smallest absolute Gasteiger partial charge is 0.291 e. The number of benzene rings is 1. The fraction of sp³-hybridized carbons (Fsp3) is 0.182. The van der Waals surface area contributed by atoms with E-state index in [0.29, 0.717) is 51.5 Å². The molecule has 2 aromatic heterocycles. The lowest BCUT2D eigenvalue weighted by molar-refractivity contribution is 0.0953. The van der Waals surface area contributed by atoms with Gasteiger partial charge in [-0.25, -0.2) is 14.2 Å². The van der Waals surface area contributed by atoms with Crippen molar-refractivity contribution in [3.05, 3.63) is 81.0 Å². The van der Waals surface area contributed by atoms with Crippen molar-refractivity contribution in [2.75, 3.05) is 5.32 Å². The fourth-order valence-electron chi connectivity index (χ4n) is 3.49. The number of furan rings is 1. The highest BCUT2D eigenvalue weighted by Gasteiger charge is 2.28. The zero-order valence-electron chi connectivity index (χ0n) is 16.8. The summed E-state index contributed by atoms with van der Waals surface area (Å²) in [7, 11) is 0. The molecule has 1 aliphatic carbocycles. The number of fused-ring (bicyclic) bond motifs is 1. The molecule has 7 nitrogen and oxygen atoms in total. The number of anilines is 1. The molecule has 2 amide bonds. The van der Waals surface area contributed by atoms with Gasteiger partial charge in [-0.1, -0.05) is 0 Å². The minimum atomic E-state index is -0.890. The number of nitrogens with one attached hydrogen (secondary N) is 2. The number of hydrogen-bond acceptors (Lipinski definition) is 5. The van der Waals surface area contributed by atoms with E-state index < -0.39 is 23.4 Å². The maximum Gasteiger partial charge on any atom is 0.291 e. The topological polar surface area (TPSA) is 96.6 Å². The van der Waals surface area contributed by atoms with Crippen LogP contribution in [0.25, 0.3) is 0 Å². The normalized spacial score (nSPS) is 14.2. The first kappa shape index (κ1) is 21.8. The summed E-state index contributed by atoms with van der Waals surface area (Å²) in [6.45, 7) is 1.69. The number of aryl methyl sites for hydroxylation is 1. The number of hydrogen-bond donors (Lipinski definition) is 2. The fourth-order valence-corrected chi connectivity index (χ4v) is 3.85. The van der Waals surface area contributed by atoms with Gasteiger partial charge in [0.25, 0.3) is 11.8 Å². The van der Waals surface area contributed by atoms with E-state index in [1.165, 1.54) is 6.20 Å². The van der Waals surface area contributed by atoms with Gasteiger partial charge in [0.05, 0.1) is 17.0 Å². The lowest BCUT2D eigenvalue weighted by Crippen LogP contribution is -2.22. The number of hydrazone groups is 1. The van der Waals surface area contributed by atoms with Crippen LogP contribution < -0.4 is 10.7 Å². The third-order valence-electron chi connectivity index (χ3n) is 4.97. The van der Waals surface area contributed by atoms with Crippen LogP contribution in [0.4, 0.5) is 14.5 Å². The Bertz CT molecular complexity index is 1260. The van der Waals surface area contributed by atoms with E-state index in [1.54, 1.807) is 19.2 Å². The van der Waals surface area contributed by atoms with Gasteiger partial charge >= 0.3 is 0 Å². The monoisotopic (exact) mass is 502 g/mol. The summed E-state index contributed by atoms with van der Waals surface area (Å²) in [6.07, 6.45) is 4.89. The Labute approximate surface area is 190 Å². The largest absolute Gasteiger partial charge is 0.455 e. The Kier molecular flexibility index (Phi) is 6.13. The third-order valence-corrected chi connectivity index (χ3v) is 5.40. The molecule has 10 heteroatoms. The number of amides is 2. The van der Waals surface area contributed by atoms with Gasteiger partial charge in [0.1, 0.15) is 17.4 Å². The van der Waals surface area contributed by atoms with E-state index in [4.69, 9.17) is 4.42 Å². The summed E-state index contributed by atoms with van der Waals surface area (Å²) in [5.74, 6) is -2.15. The molecular weight excluding hydrogens is 486 g/mol. The number of halogens is 3. The van der Waals surface area contributed by atoms with Gasteiger partial charge in [0.2, 0.25) is 0 Å². The Morgan fingerprint density at radius 3 is 2.72 bits per heavy atom. The molecule has 3 aromatic rings. The Hall–Kier alpha value is -3.40. The van der Waals surface area contributed by atoms with E-state index >= 15 is 0 Å². The number of rotatable bonds is 4. The molecule has 0 atom stereocenters. The molecule has 0 unspecified atom stereocenters. The van der Waals surface area contributed by atoms with Crippen LogP contribution >= 0.6 is 15.9 Å². The van der Waals surface area contributed by atoms with Crippen LogP contribution in [-0.4, -0.2) is 22.5 Å². The van der Waals surface area contributed by atoms with Crippen molar-refractivity contribution in [3.8, 4) is 0 Å². The summed E-state index contributed by atoms with van der Waals surface area (Å²) in [5, 5.41) is 6.65. The zero-order chi connectivity index (χ0) is 22.8. The lowest BCUT2D eigenvalue weighted by Gasteiger charge is -2.13. The summed E-state index contributed by atoms with van der Waals surface area (Å²) in [5.41, 5.74) is 4.45. The lowest BCUT2D eigenvalue weighted by atomic mass is 9.93. The molecule has 1 aromatic carbocycles. The molecule has 0 aliphatic heterocycles. The second-order valence-electron chi connectivity index (χ2n) is 7.18. The summed E-state index contributed by atoms with van der Waals surface area (Å²) in [4.78, 5) is 29.0. The zero-order valence-corrected chi connectivity index (χ0v) is 18.4. The first-order chi connectivity index (χ1) is 15.3. The Morgan fingerprint density at radius 1 is 1.16 bits per heavy atom. The predicted molar refractivity (Wildman–Crippen MR) is 117 cm³/mol. The van der Waals surface area contributed by atoms with Crippen molar-refractivity contribution in [1.29, 1.82) is 0 Å². The number of carbonyl (C=O) groups is 2. The molecule has 4 rings (SSSR count). The molecule has 0 bridgehead atoms. The molecular formula is C22H17BrF2N4O3. The van der Waals surface area contributed by atoms with E-state index in [9.17, 15) is 18.4 Å². The van der Waals surface area contributed by atoms with E-state index in [0.717, 1.165) is 18.6 Å². The summed E-state index contributed by atoms with van der Waals surface area (Å²) in [6, 6.07) is 4.49. The molecule has 32 heavy (non-hydrogen) atoms. The molecule has 0 saturated heterocycles. The van der Waals surface area contributed by atoms with Crippen LogP contribution in [0.1, 0.15) is 50.6 Å². The minimum absolute atomic E-state index is 0.0100. The summed E-state index contributed by atoms with van der Waals surface area (Å²) < 4.78 is 33.4. The first-order valence-corrected chi connectivity index (χ1v) is 10.5. The van der Waals surface area contributed by atoms with Crippen molar-refractivity contribution in [2.45, 2.75) is 26.2 Å². The molecule has 0 saturated carbocycles. The van der Waals surface area contributed by atoms with E-state index in [-0.39, 0.29) is 11.4 Å². The Balaban J connectivity index is 1.57. The van der Waals surface area contributed by atoms with Crippen molar-refractivity contribution in [1.82, 2.24) is 10.4 Å². The molecule has 2 N–H and O–H groups in total. The standard InChI is InChI=1S/C22H17BrF2N4O3/c1-11-19-17(28-29-21(30)12-7-13(23)10-26-9-12)3-2-4-18(19)32-20(11)22(31)27-16-6-5-14(24)8-15(16)25/h5-10H,2-4H2,1H3,(H,27,31)(H,29,30)/b28-17+. The highest BCUT2D eigenvalue weighted by atomic mass is 79.9. The average Bonchev–Trinajstić information content (AvgIpc) is 3.11. The minimum Gasteiger partial charge on any atom is -0.455 e. The Morgan fingerprint density at radius 2 is 1.97 bits per heavy atom. The molecule has 1 aliphatic rings. The van der Waals surface area contributed by atoms with Crippen LogP contribution in [0, 0.1) is 18.6 Å². The molecule has 164 valence electrons. The van der Waals surface area contributed by atoms with Crippen molar-refractivity contribution >= 4 is 39.1 Å². The van der Waals surface area contributed by atoms with Crippen molar-refractivity contribution in [3.63, 3.8) is 0 Å². The van der Waals surface area contributed by atoms with Crippen LogP contribution in [0.15, 0.2) is 50.7 Å². The molecule has 0 spiro atoms. The maximum absolute atomic E-state index is 13.9. The molecule has 0 radical (unpaired) electrons. The van der Waals surface area contributed by atoms with Gasteiger partial charge in [0, 0.05) is 40.5 Å². The second kappa shape index (κ2) is 8.99. The van der Waals surface area contributed by atoms with Gasteiger partial charge in [0.15, 0.2) is 5.76 Å². The highest BCUT2D eigenvalue weighted by molar-refractivity contribution is 9.10. The van der Waals surface area contributed by atoms with Gasteiger partial charge in [-0.15, -0.1) is 0 Å². The molecule has 0 fully saturated rings. The second-order valence-corrected chi connectivity index (χ2v) is 8.09. The quantitative estimate of drug-likeness (QED) is 0.503. The van der Waals surface area contributed by atoms with E-state index in [2.05, 4.69) is 36.8 Å². The van der Waals surface area contributed by atoms with Crippen molar-refractivity contribution in [2.24, 2.45) is 5.10 Å². The van der Waals surface area contributed by atoms with Gasteiger partial charge in [-0.3, -0.25) is 14.6 Å².